The Bertz CT molecular complexity index is 1630. The molecule has 3 aromatic rings. The van der Waals surface area contributed by atoms with E-state index in [0.717, 1.165) is 44.2 Å². The molecule has 1 aliphatic carbocycles. The zero-order valence-electron chi connectivity index (χ0n) is 23.0. The number of hydrogen-bond acceptors (Lipinski definition) is 9. The van der Waals surface area contributed by atoms with Gasteiger partial charge in [-0.05, 0) is 44.2 Å². The molecule has 43 heavy (non-hydrogen) atoms. The maximum absolute atomic E-state index is 16.6. The number of benzene rings is 1. The molecule has 5 atom stereocenters. The number of hydrogen-bond donors (Lipinski definition) is 2. The molecule has 5 aliphatic rings. The monoisotopic (exact) mass is 620 g/mol. The van der Waals surface area contributed by atoms with Crippen molar-refractivity contribution in [1.29, 1.82) is 0 Å². The molecule has 0 spiro atoms. The Balaban J connectivity index is 1.33. The Labute approximate surface area is 249 Å². The molecule has 1 aromatic carbocycles. The van der Waals surface area contributed by atoms with Gasteiger partial charge >= 0.3 is 12.2 Å². The predicted molar refractivity (Wildman–Crippen MR) is 150 cm³/mol. The van der Waals surface area contributed by atoms with Crippen LogP contribution in [0.15, 0.2) is 12.1 Å². The largest absolute Gasteiger partial charge is 0.477 e. The van der Waals surface area contributed by atoms with Crippen molar-refractivity contribution in [3.63, 3.8) is 0 Å². The Morgan fingerprint density at radius 2 is 2.02 bits per heavy atom. The number of piperazine rings is 1. The van der Waals surface area contributed by atoms with Gasteiger partial charge in [0.25, 0.3) is 0 Å². The Morgan fingerprint density at radius 3 is 2.77 bits per heavy atom. The van der Waals surface area contributed by atoms with Gasteiger partial charge < -0.3 is 30.2 Å². The third kappa shape index (κ3) is 4.45. The predicted octanol–water partition coefficient (Wildman–Crippen LogP) is 5.12. The Morgan fingerprint density at radius 1 is 1.16 bits per heavy atom. The lowest BCUT2D eigenvalue weighted by Crippen LogP contribution is -2.59. The van der Waals surface area contributed by atoms with Crippen LogP contribution in [0.3, 0.4) is 0 Å². The number of alkyl halides is 3. The summed E-state index contributed by atoms with van der Waals surface area (Å²) in [6, 6.07) is 2.38. The third-order valence-corrected chi connectivity index (χ3v) is 9.93. The maximum Gasteiger partial charge on any atom is 0.418 e. The van der Waals surface area contributed by atoms with Crippen molar-refractivity contribution in [3.05, 3.63) is 28.5 Å². The fraction of sp³-hybridized carbons (Fsp3) is 0.552. The molecule has 2 aromatic heterocycles. The van der Waals surface area contributed by atoms with Crippen LogP contribution in [0.4, 0.5) is 29.1 Å². The second-order valence-electron chi connectivity index (χ2n) is 12.4. The van der Waals surface area contributed by atoms with Gasteiger partial charge in [0.15, 0.2) is 5.82 Å². The van der Waals surface area contributed by atoms with Crippen molar-refractivity contribution in [2.24, 2.45) is 5.41 Å². The lowest BCUT2D eigenvalue weighted by molar-refractivity contribution is -0.137. The normalized spacial score (nSPS) is 29.4. The Kier molecular flexibility index (Phi) is 6.16. The van der Waals surface area contributed by atoms with Crippen LogP contribution in [0.5, 0.6) is 11.9 Å². The van der Waals surface area contributed by atoms with Gasteiger partial charge in [-0.1, -0.05) is 11.6 Å². The highest BCUT2D eigenvalue weighted by atomic mass is 35.5. The average molecular weight is 621 g/mol. The SMILES string of the molecule is Nc1cc(Cl)c(C(F)(F)F)c(-c2nc3c4c(nc(OCC56CCC(C5)OC6)nc4c2F)N2C[C@H]4CC[C@H](N4)[C@H]2CCO3)c1. The molecule has 1 saturated carbocycles. The highest BCUT2D eigenvalue weighted by Crippen LogP contribution is 2.48. The van der Waals surface area contributed by atoms with E-state index in [1.807, 2.05) is 0 Å². The number of rotatable bonds is 4. The quantitative estimate of drug-likeness (QED) is 0.303. The van der Waals surface area contributed by atoms with Gasteiger partial charge in [0.1, 0.15) is 22.4 Å². The summed E-state index contributed by atoms with van der Waals surface area (Å²) in [6.07, 6.45) is 0.662. The van der Waals surface area contributed by atoms with Crippen molar-refractivity contribution in [2.45, 2.75) is 68.9 Å². The molecule has 14 heteroatoms. The molecule has 3 saturated heterocycles. The summed E-state index contributed by atoms with van der Waals surface area (Å²) in [5, 5.41) is 3.19. The van der Waals surface area contributed by atoms with E-state index < -0.39 is 33.8 Å². The molecule has 3 N–H and O–H groups in total. The minimum absolute atomic E-state index is 0.0163. The summed E-state index contributed by atoms with van der Waals surface area (Å²) in [5.41, 5.74) is 2.95. The molecule has 228 valence electrons. The molecule has 9 nitrogen and oxygen atoms in total. The first-order chi connectivity index (χ1) is 20.6. The molecule has 4 fully saturated rings. The van der Waals surface area contributed by atoms with Crippen LogP contribution in [0, 0.1) is 11.2 Å². The van der Waals surface area contributed by atoms with Gasteiger partial charge in [-0.25, -0.2) is 9.37 Å². The van der Waals surface area contributed by atoms with Crippen molar-refractivity contribution in [2.75, 3.05) is 37.0 Å². The summed E-state index contributed by atoms with van der Waals surface area (Å²) in [6.45, 7) is 1.70. The van der Waals surface area contributed by atoms with Crippen LogP contribution in [0.1, 0.15) is 44.1 Å². The maximum atomic E-state index is 16.6. The van der Waals surface area contributed by atoms with E-state index in [0.29, 0.717) is 25.4 Å². The molecule has 4 aliphatic heterocycles. The number of fused-ring (bicyclic) bond motifs is 7. The molecular weight excluding hydrogens is 592 g/mol. The average Bonchev–Trinajstić information content (AvgIpc) is 3.67. The number of anilines is 2. The smallest absolute Gasteiger partial charge is 0.418 e. The van der Waals surface area contributed by atoms with E-state index in [9.17, 15) is 13.2 Å². The zero-order chi connectivity index (χ0) is 29.7. The number of ether oxygens (including phenoxy) is 3. The fourth-order valence-electron chi connectivity index (χ4n) is 7.64. The second kappa shape index (κ2) is 9.67. The number of nitrogens with one attached hydrogen (secondary N) is 1. The van der Waals surface area contributed by atoms with E-state index in [4.69, 9.17) is 36.5 Å². The van der Waals surface area contributed by atoms with E-state index >= 15 is 4.39 Å². The lowest BCUT2D eigenvalue weighted by Gasteiger charge is -2.43. The van der Waals surface area contributed by atoms with Crippen LogP contribution < -0.4 is 25.4 Å². The molecule has 6 heterocycles. The van der Waals surface area contributed by atoms with Crippen LogP contribution in [0.2, 0.25) is 5.02 Å². The van der Waals surface area contributed by atoms with Gasteiger partial charge in [0.2, 0.25) is 5.88 Å². The van der Waals surface area contributed by atoms with Crippen LogP contribution in [0.25, 0.3) is 22.2 Å². The first kappa shape index (κ1) is 27.4. The summed E-state index contributed by atoms with van der Waals surface area (Å²) >= 11 is 6.02. The summed E-state index contributed by atoms with van der Waals surface area (Å²) in [4.78, 5) is 15.7. The van der Waals surface area contributed by atoms with Gasteiger partial charge in [-0.3, -0.25) is 0 Å². The first-order valence-corrected chi connectivity index (χ1v) is 14.9. The van der Waals surface area contributed by atoms with Gasteiger partial charge in [-0.2, -0.15) is 23.1 Å². The molecule has 8 rings (SSSR count). The van der Waals surface area contributed by atoms with Crippen molar-refractivity contribution in [1.82, 2.24) is 20.3 Å². The van der Waals surface area contributed by atoms with Crippen molar-refractivity contribution in [3.8, 4) is 23.1 Å². The number of pyridine rings is 1. The first-order valence-electron chi connectivity index (χ1n) is 14.6. The summed E-state index contributed by atoms with van der Waals surface area (Å²) < 4.78 is 77.4. The van der Waals surface area contributed by atoms with Gasteiger partial charge in [0, 0.05) is 47.8 Å². The Hall–Kier alpha value is -3.16. The van der Waals surface area contributed by atoms with E-state index in [1.165, 1.54) is 0 Å². The van der Waals surface area contributed by atoms with Gasteiger partial charge in [0.05, 0.1) is 36.5 Å². The molecule has 2 unspecified atom stereocenters. The number of nitrogens with zero attached hydrogens (tertiary/aromatic N) is 4. The summed E-state index contributed by atoms with van der Waals surface area (Å²) in [7, 11) is 0. The minimum Gasteiger partial charge on any atom is -0.477 e. The van der Waals surface area contributed by atoms with Crippen molar-refractivity contribution >= 4 is 34.0 Å². The van der Waals surface area contributed by atoms with E-state index in [1.54, 1.807) is 0 Å². The van der Waals surface area contributed by atoms with Gasteiger partial charge in [-0.15, -0.1) is 0 Å². The topological polar surface area (TPSA) is 108 Å². The third-order valence-electron chi connectivity index (χ3n) is 9.64. The van der Waals surface area contributed by atoms with Crippen molar-refractivity contribution < 1.29 is 31.8 Å². The van der Waals surface area contributed by atoms with Crippen LogP contribution in [-0.4, -0.2) is 65.5 Å². The number of nitrogens with two attached hydrogens (primary N) is 1. The minimum atomic E-state index is -4.91. The fourth-order valence-corrected chi connectivity index (χ4v) is 7.97. The molecule has 0 radical (unpaired) electrons. The molecular formula is C29H29ClF4N6O3. The number of nitrogen functional groups attached to an aromatic ring is 1. The number of aromatic nitrogens is 3. The number of halogens is 5. The molecule has 0 amide bonds. The highest BCUT2D eigenvalue weighted by molar-refractivity contribution is 6.32. The molecule has 4 bridgehead atoms. The standard InChI is InChI=1S/C29H29ClF4N6O3/c30-17-8-13(35)7-16(21(17)29(32,33)34)23-22(31)24-20-25(39-27(38-24)43-12-28-5-3-15(9-28)42-11-28)40-10-14-1-2-18(36-14)19(40)4-6-41-26(20)37-23/h7-8,14-15,18-19,36H,1-6,9-12,35H2/t14-,15?,18+,19-,28?/m1/s1. The van der Waals surface area contributed by atoms with E-state index in [-0.39, 0.29) is 71.3 Å². The van der Waals surface area contributed by atoms with Crippen LogP contribution >= 0.6 is 11.6 Å². The summed E-state index contributed by atoms with van der Waals surface area (Å²) in [5.74, 6) is -0.714. The lowest BCUT2D eigenvalue weighted by atomic mass is 9.89. The second-order valence-corrected chi connectivity index (χ2v) is 12.8. The van der Waals surface area contributed by atoms with Crippen LogP contribution in [-0.2, 0) is 10.9 Å². The highest BCUT2D eigenvalue weighted by Gasteiger charge is 2.47. The zero-order valence-corrected chi connectivity index (χ0v) is 23.8. The van der Waals surface area contributed by atoms with E-state index in [2.05, 4.69) is 20.2 Å².